The number of imidazole rings is 1. The molecule has 2 heterocycles. The van der Waals surface area contributed by atoms with Crippen LogP contribution in [0.1, 0.15) is 37.2 Å². The van der Waals surface area contributed by atoms with Crippen LogP contribution in [0.5, 0.6) is 0 Å². The van der Waals surface area contributed by atoms with E-state index in [9.17, 15) is 0 Å². The predicted octanol–water partition coefficient (Wildman–Crippen LogP) is 2.75. The first-order valence-electron chi connectivity index (χ1n) is 7.94. The first-order valence-corrected chi connectivity index (χ1v) is 7.94. The lowest BCUT2D eigenvalue weighted by atomic mass is 10.2. The number of aromatic nitrogens is 5. The molecule has 0 aliphatic carbocycles. The Kier molecular flexibility index (Phi) is 4.43. The minimum atomic E-state index is 0.346. The summed E-state index contributed by atoms with van der Waals surface area (Å²) in [7, 11) is 1.70. The van der Waals surface area contributed by atoms with Crippen molar-refractivity contribution in [3.63, 3.8) is 0 Å². The molecule has 0 fully saturated rings. The zero-order valence-electron chi connectivity index (χ0n) is 14.2. The molecular weight excluding hydrogens is 290 g/mol. The van der Waals surface area contributed by atoms with Crippen LogP contribution < -0.4 is 0 Å². The Morgan fingerprint density at radius 2 is 1.96 bits per heavy atom. The third kappa shape index (κ3) is 3.12. The summed E-state index contributed by atoms with van der Waals surface area (Å²) in [6.45, 7) is 8.24. The summed E-state index contributed by atoms with van der Waals surface area (Å²) < 4.78 is 9.34. The monoisotopic (exact) mass is 313 g/mol. The summed E-state index contributed by atoms with van der Waals surface area (Å²) in [6.07, 6.45) is 0. The van der Waals surface area contributed by atoms with Gasteiger partial charge in [0, 0.05) is 13.0 Å². The molecule has 3 rings (SSSR count). The fourth-order valence-corrected chi connectivity index (χ4v) is 2.82. The van der Waals surface area contributed by atoms with Crippen LogP contribution in [0.3, 0.4) is 0 Å². The Hall–Kier alpha value is -2.21. The highest BCUT2D eigenvalue weighted by molar-refractivity contribution is 5.76. The number of para-hydroxylation sites is 2. The van der Waals surface area contributed by atoms with E-state index in [0.717, 1.165) is 28.5 Å². The summed E-state index contributed by atoms with van der Waals surface area (Å²) in [5.41, 5.74) is 2.16. The van der Waals surface area contributed by atoms with E-state index in [1.165, 1.54) is 0 Å². The van der Waals surface area contributed by atoms with Crippen molar-refractivity contribution in [1.82, 2.24) is 24.3 Å². The summed E-state index contributed by atoms with van der Waals surface area (Å²) in [6, 6.07) is 8.23. The molecule has 0 atom stereocenters. The van der Waals surface area contributed by atoms with Gasteiger partial charge in [-0.2, -0.15) is 5.10 Å². The maximum absolute atomic E-state index is 5.17. The van der Waals surface area contributed by atoms with Crippen molar-refractivity contribution in [2.75, 3.05) is 13.7 Å². The molecule has 1 aromatic carbocycles. The maximum Gasteiger partial charge on any atom is 0.147 e. The smallest absolute Gasteiger partial charge is 0.147 e. The van der Waals surface area contributed by atoms with Gasteiger partial charge < -0.3 is 9.30 Å². The summed E-state index contributed by atoms with van der Waals surface area (Å²) in [5.74, 6) is 3.14. The van der Waals surface area contributed by atoms with E-state index in [1.807, 2.05) is 23.7 Å². The van der Waals surface area contributed by atoms with Crippen molar-refractivity contribution in [1.29, 1.82) is 0 Å². The van der Waals surface area contributed by atoms with E-state index in [4.69, 9.17) is 9.72 Å². The Morgan fingerprint density at radius 3 is 2.70 bits per heavy atom. The van der Waals surface area contributed by atoms with Gasteiger partial charge >= 0.3 is 0 Å². The molecule has 0 spiro atoms. The molecule has 122 valence electrons. The molecule has 6 nitrogen and oxygen atoms in total. The number of nitrogens with zero attached hydrogens (tertiary/aromatic N) is 5. The summed E-state index contributed by atoms with van der Waals surface area (Å²) >= 11 is 0. The first kappa shape index (κ1) is 15.7. The lowest BCUT2D eigenvalue weighted by Crippen LogP contribution is -2.15. The van der Waals surface area contributed by atoms with E-state index >= 15 is 0 Å². The first-order chi connectivity index (χ1) is 11.1. The molecule has 0 aliphatic rings. The van der Waals surface area contributed by atoms with Crippen molar-refractivity contribution in [3.05, 3.63) is 41.7 Å². The van der Waals surface area contributed by atoms with Gasteiger partial charge in [-0.1, -0.05) is 26.0 Å². The van der Waals surface area contributed by atoms with Crippen molar-refractivity contribution in [2.24, 2.45) is 0 Å². The number of fused-ring (bicyclic) bond motifs is 1. The Balaban J connectivity index is 2.03. The zero-order valence-corrected chi connectivity index (χ0v) is 14.2. The topological polar surface area (TPSA) is 57.8 Å². The number of methoxy groups -OCH3 is 1. The van der Waals surface area contributed by atoms with Crippen LogP contribution in [0.2, 0.25) is 0 Å². The molecule has 0 bridgehead atoms. The number of aryl methyl sites for hydroxylation is 1. The second-order valence-electron chi connectivity index (χ2n) is 5.99. The van der Waals surface area contributed by atoms with E-state index in [0.29, 0.717) is 25.6 Å². The van der Waals surface area contributed by atoms with Crippen LogP contribution in [-0.2, 0) is 17.8 Å². The number of benzene rings is 1. The maximum atomic E-state index is 5.17. The lowest BCUT2D eigenvalue weighted by Gasteiger charge is -2.12. The molecule has 0 aliphatic heterocycles. The van der Waals surface area contributed by atoms with Crippen LogP contribution in [0.15, 0.2) is 24.3 Å². The Bertz CT molecular complexity index is 803. The van der Waals surface area contributed by atoms with Gasteiger partial charge in [0.05, 0.1) is 30.7 Å². The Labute approximate surface area is 136 Å². The Morgan fingerprint density at radius 1 is 1.17 bits per heavy atom. The minimum Gasteiger partial charge on any atom is -0.383 e. The lowest BCUT2D eigenvalue weighted by molar-refractivity contribution is 0.182. The fraction of sp³-hybridized carbons (Fsp3) is 0.471. The molecule has 0 saturated heterocycles. The van der Waals surface area contributed by atoms with Crippen molar-refractivity contribution in [2.45, 2.75) is 39.8 Å². The van der Waals surface area contributed by atoms with Crippen molar-refractivity contribution < 1.29 is 4.74 Å². The van der Waals surface area contributed by atoms with Gasteiger partial charge in [-0.15, -0.1) is 0 Å². The van der Waals surface area contributed by atoms with E-state index in [-0.39, 0.29) is 0 Å². The van der Waals surface area contributed by atoms with Gasteiger partial charge in [0.25, 0.3) is 0 Å². The molecule has 2 aromatic heterocycles. The minimum absolute atomic E-state index is 0.346. The standard InChI is InChI=1S/C17H23N5O/c1-12(2)17-19-14-7-5-6-8-15(14)21(17)11-16-18-13(3)20-22(16)9-10-23-4/h5-8,12H,9-11H2,1-4H3. The molecule has 3 aromatic rings. The zero-order chi connectivity index (χ0) is 16.4. The van der Waals surface area contributed by atoms with Crippen LogP contribution >= 0.6 is 0 Å². The van der Waals surface area contributed by atoms with Crippen LogP contribution in [0.25, 0.3) is 11.0 Å². The molecule has 0 saturated carbocycles. The van der Waals surface area contributed by atoms with E-state index < -0.39 is 0 Å². The quantitative estimate of drug-likeness (QED) is 0.702. The van der Waals surface area contributed by atoms with Gasteiger partial charge in [0.2, 0.25) is 0 Å². The number of ether oxygens (including phenoxy) is 1. The SMILES string of the molecule is COCCn1nc(C)nc1Cn1c(C(C)C)nc2ccccc21. The summed E-state index contributed by atoms with van der Waals surface area (Å²) in [4.78, 5) is 9.38. The second-order valence-corrected chi connectivity index (χ2v) is 5.99. The highest BCUT2D eigenvalue weighted by Crippen LogP contribution is 2.22. The normalized spacial score (nSPS) is 11.7. The van der Waals surface area contributed by atoms with Gasteiger partial charge in [0.15, 0.2) is 0 Å². The van der Waals surface area contributed by atoms with Crippen LogP contribution in [0.4, 0.5) is 0 Å². The summed E-state index contributed by atoms with van der Waals surface area (Å²) in [5, 5.41) is 4.48. The third-order valence-corrected chi connectivity index (χ3v) is 3.86. The second kappa shape index (κ2) is 6.50. The number of hydrogen-bond acceptors (Lipinski definition) is 4. The van der Waals surface area contributed by atoms with Gasteiger partial charge in [-0.25, -0.2) is 14.6 Å². The average Bonchev–Trinajstić information content (AvgIpc) is 3.07. The largest absolute Gasteiger partial charge is 0.383 e. The third-order valence-electron chi connectivity index (χ3n) is 3.86. The molecule has 23 heavy (non-hydrogen) atoms. The molecule has 6 heteroatoms. The molecule has 0 N–H and O–H groups in total. The average molecular weight is 313 g/mol. The van der Waals surface area contributed by atoms with Crippen LogP contribution in [-0.4, -0.2) is 38.0 Å². The predicted molar refractivity (Wildman–Crippen MR) is 89.6 cm³/mol. The van der Waals surface area contributed by atoms with Crippen LogP contribution in [0, 0.1) is 6.92 Å². The highest BCUT2D eigenvalue weighted by Gasteiger charge is 2.16. The van der Waals surface area contributed by atoms with Crippen molar-refractivity contribution in [3.8, 4) is 0 Å². The number of rotatable bonds is 6. The van der Waals surface area contributed by atoms with Gasteiger partial charge in [-0.3, -0.25) is 0 Å². The molecule has 0 amide bonds. The van der Waals surface area contributed by atoms with Gasteiger partial charge in [-0.05, 0) is 19.1 Å². The highest BCUT2D eigenvalue weighted by atomic mass is 16.5. The van der Waals surface area contributed by atoms with Gasteiger partial charge in [0.1, 0.15) is 17.5 Å². The number of hydrogen-bond donors (Lipinski definition) is 0. The molecular formula is C17H23N5O. The fourth-order valence-electron chi connectivity index (χ4n) is 2.82. The molecule has 0 unspecified atom stereocenters. The van der Waals surface area contributed by atoms with Crippen molar-refractivity contribution >= 4 is 11.0 Å². The molecule has 0 radical (unpaired) electrons. The van der Waals surface area contributed by atoms with E-state index in [2.05, 4.69) is 40.6 Å². The van der Waals surface area contributed by atoms with E-state index in [1.54, 1.807) is 7.11 Å².